The summed E-state index contributed by atoms with van der Waals surface area (Å²) in [6.07, 6.45) is 7.76. The lowest BCUT2D eigenvalue weighted by Crippen LogP contribution is -2.04. The molecule has 0 spiro atoms. The standard InChI is InChI=1S/C9H16O/c1-3-8(2)10-9-6-4-5-7-9/h3,9H,4-7H2,1-2H3. The number of hydrogen-bond acceptors (Lipinski definition) is 1. The van der Waals surface area contributed by atoms with Crippen LogP contribution in [0.1, 0.15) is 39.5 Å². The molecular formula is C9H16O. The third-order valence-electron chi connectivity index (χ3n) is 2.06. The van der Waals surface area contributed by atoms with Gasteiger partial charge in [-0.1, -0.05) is 0 Å². The van der Waals surface area contributed by atoms with Crippen molar-refractivity contribution in [3.8, 4) is 0 Å². The molecule has 10 heavy (non-hydrogen) atoms. The Kier molecular flexibility index (Phi) is 2.79. The first-order valence-corrected chi connectivity index (χ1v) is 4.12. The van der Waals surface area contributed by atoms with E-state index in [1.54, 1.807) is 0 Å². The molecule has 0 radical (unpaired) electrons. The lowest BCUT2D eigenvalue weighted by Gasteiger charge is -2.12. The third-order valence-corrected chi connectivity index (χ3v) is 2.06. The third kappa shape index (κ3) is 2.05. The minimum atomic E-state index is 0.524. The molecule has 0 aromatic heterocycles. The van der Waals surface area contributed by atoms with Crippen LogP contribution in [0.4, 0.5) is 0 Å². The summed E-state index contributed by atoms with van der Waals surface area (Å²) in [5.74, 6) is 1.08. The van der Waals surface area contributed by atoms with E-state index in [0.29, 0.717) is 6.10 Å². The van der Waals surface area contributed by atoms with Crippen molar-refractivity contribution < 1.29 is 4.74 Å². The summed E-state index contributed by atoms with van der Waals surface area (Å²) in [4.78, 5) is 0. The van der Waals surface area contributed by atoms with Gasteiger partial charge in [-0.25, -0.2) is 0 Å². The van der Waals surface area contributed by atoms with Crippen molar-refractivity contribution in [3.63, 3.8) is 0 Å². The summed E-state index contributed by atoms with van der Waals surface area (Å²) in [5.41, 5.74) is 0. The molecule has 0 unspecified atom stereocenters. The smallest absolute Gasteiger partial charge is 0.0982 e. The molecule has 0 N–H and O–H groups in total. The van der Waals surface area contributed by atoms with Crippen molar-refractivity contribution in [3.05, 3.63) is 11.8 Å². The molecule has 1 fully saturated rings. The van der Waals surface area contributed by atoms with Gasteiger partial charge in [-0.05, 0) is 45.6 Å². The fourth-order valence-electron chi connectivity index (χ4n) is 1.34. The maximum absolute atomic E-state index is 5.62. The molecule has 1 rings (SSSR count). The summed E-state index contributed by atoms with van der Waals surface area (Å²) in [6, 6.07) is 0. The number of rotatable bonds is 2. The van der Waals surface area contributed by atoms with Gasteiger partial charge in [0.05, 0.1) is 11.9 Å². The largest absolute Gasteiger partial charge is 0.495 e. The van der Waals surface area contributed by atoms with Gasteiger partial charge in [0, 0.05) is 0 Å². The van der Waals surface area contributed by atoms with Crippen LogP contribution in [0.25, 0.3) is 0 Å². The van der Waals surface area contributed by atoms with Gasteiger partial charge in [-0.3, -0.25) is 0 Å². The van der Waals surface area contributed by atoms with E-state index in [-0.39, 0.29) is 0 Å². The Bertz CT molecular complexity index is 121. The first-order valence-electron chi connectivity index (χ1n) is 4.12. The van der Waals surface area contributed by atoms with Crippen LogP contribution in [-0.4, -0.2) is 6.10 Å². The van der Waals surface area contributed by atoms with Crippen molar-refractivity contribution in [1.29, 1.82) is 0 Å². The van der Waals surface area contributed by atoms with Crippen molar-refractivity contribution in [2.45, 2.75) is 45.6 Å². The van der Waals surface area contributed by atoms with E-state index in [0.717, 1.165) is 5.76 Å². The average molecular weight is 140 g/mol. The topological polar surface area (TPSA) is 9.23 Å². The minimum Gasteiger partial charge on any atom is -0.495 e. The quantitative estimate of drug-likeness (QED) is 0.536. The number of allylic oxidation sites excluding steroid dienone is 2. The van der Waals surface area contributed by atoms with E-state index in [1.165, 1.54) is 25.7 Å². The first-order chi connectivity index (χ1) is 4.83. The molecule has 0 amide bonds. The molecule has 58 valence electrons. The van der Waals surface area contributed by atoms with Crippen LogP contribution in [0.15, 0.2) is 11.8 Å². The van der Waals surface area contributed by atoms with Gasteiger partial charge in [-0.15, -0.1) is 0 Å². The summed E-state index contributed by atoms with van der Waals surface area (Å²) in [7, 11) is 0. The maximum atomic E-state index is 5.62. The van der Waals surface area contributed by atoms with Crippen LogP contribution in [0.5, 0.6) is 0 Å². The van der Waals surface area contributed by atoms with E-state index in [9.17, 15) is 0 Å². The van der Waals surface area contributed by atoms with Crippen LogP contribution >= 0.6 is 0 Å². The molecule has 0 aliphatic heterocycles. The Labute approximate surface area is 63.1 Å². The van der Waals surface area contributed by atoms with Crippen LogP contribution < -0.4 is 0 Å². The molecule has 0 bridgehead atoms. The van der Waals surface area contributed by atoms with Gasteiger partial charge in [0.2, 0.25) is 0 Å². The fourth-order valence-corrected chi connectivity index (χ4v) is 1.34. The van der Waals surface area contributed by atoms with Crippen molar-refractivity contribution in [1.82, 2.24) is 0 Å². The average Bonchev–Trinajstić information content (AvgIpc) is 2.40. The predicted molar refractivity (Wildman–Crippen MR) is 42.8 cm³/mol. The highest BCUT2D eigenvalue weighted by atomic mass is 16.5. The molecule has 0 heterocycles. The van der Waals surface area contributed by atoms with Gasteiger partial charge in [0.1, 0.15) is 0 Å². The van der Waals surface area contributed by atoms with Crippen LogP contribution in [-0.2, 0) is 4.74 Å². The number of hydrogen-bond donors (Lipinski definition) is 0. The molecule has 1 aliphatic carbocycles. The van der Waals surface area contributed by atoms with Crippen LogP contribution in [0.3, 0.4) is 0 Å². The molecule has 0 aromatic rings. The molecule has 1 nitrogen and oxygen atoms in total. The highest BCUT2D eigenvalue weighted by Gasteiger charge is 2.15. The van der Waals surface area contributed by atoms with E-state index >= 15 is 0 Å². The van der Waals surface area contributed by atoms with Gasteiger partial charge in [0.25, 0.3) is 0 Å². The van der Waals surface area contributed by atoms with Gasteiger partial charge in [0.15, 0.2) is 0 Å². The van der Waals surface area contributed by atoms with Crippen molar-refractivity contribution >= 4 is 0 Å². The van der Waals surface area contributed by atoms with E-state index in [1.807, 2.05) is 19.9 Å². The highest BCUT2D eigenvalue weighted by molar-refractivity contribution is 4.86. The van der Waals surface area contributed by atoms with Gasteiger partial charge < -0.3 is 4.74 Å². The Morgan fingerprint density at radius 2 is 2.00 bits per heavy atom. The van der Waals surface area contributed by atoms with Crippen molar-refractivity contribution in [2.24, 2.45) is 0 Å². The highest BCUT2D eigenvalue weighted by Crippen LogP contribution is 2.22. The molecule has 1 saturated carbocycles. The Balaban J connectivity index is 2.24. The number of ether oxygens (including phenoxy) is 1. The zero-order chi connectivity index (χ0) is 7.40. The fraction of sp³-hybridized carbons (Fsp3) is 0.778. The molecular weight excluding hydrogens is 124 g/mol. The summed E-state index contributed by atoms with van der Waals surface area (Å²) < 4.78 is 5.62. The van der Waals surface area contributed by atoms with E-state index < -0.39 is 0 Å². The molecule has 0 saturated heterocycles. The second-order valence-electron chi connectivity index (χ2n) is 2.92. The molecule has 0 atom stereocenters. The monoisotopic (exact) mass is 140 g/mol. The maximum Gasteiger partial charge on any atom is 0.0982 e. The summed E-state index contributed by atoms with van der Waals surface area (Å²) in [5, 5.41) is 0. The summed E-state index contributed by atoms with van der Waals surface area (Å²) >= 11 is 0. The predicted octanol–water partition coefficient (Wildman–Crippen LogP) is 2.87. The lowest BCUT2D eigenvalue weighted by molar-refractivity contribution is 0.123. The van der Waals surface area contributed by atoms with E-state index in [2.05, 4.69) is 0 Å². The second-order valence-corrected chi connectivity index (χ2v) is 2.92. The zero-order valence-electron chi connectivity index (χ0n) is 6.89. The van der Waals surface area contributed by atoms with Crippen LogP contribution in [0, 0.1) is 0 Å². The second kappa shape index (κ2) is 3.65. The molecule has 0 aromatic carbocycles. The first kappa shape index (κ1) is 7.64. The van der Waals surface area contributed by atoms with Gasteiger partial charge in [-0.2, -0.15) is 0 Å². The lowest BCUT2D eigenvalue weighted by atomic mass is 10.3. The minimum absolute atomic E-state index is 0.524. The van der Waals surface area contributed by atoms with E-state index in [4.69, 9.17) is 4.74 Å². The normalized spacial score (nSPS) is 21.6. The van der Waals surface area contributed by atoms with Crippen LogP contribution in [0.2, 0.25) is 0 Å². The van der Waals surface area contributed by atoms with Crippen molar-refractivity contribution in [2.75, 3.05) is 0 Å². The Morgan fingerprint density at radius 1 is 1.40 bits per heavy atom. The molecule has 1 heteroatoms. The SMILES string of the molecule is CC=C(C)OC1CCCC1. The summed E-state index contributed by atoms with van der Waals surface area (Å²) in [6.45, 7) is 4.04. The molecule has 1 aliphatic rings. The Morgan fingerprint density at radius 3 is 2.50 bits per heavy atom. The zero-order valence-corrected chi connectivity index (χ0v) is 6.89. The Hall–Kier alpha value is -0.460. The van der Waals surface area contributed by atoms with Gasteiger partial charge >= 0.3 is 0 Å².